The predicted molar refractivity (Wildman–Crippen MR) is 192 cm³/mol. The summed E-state index contributed by atoms with van der Waals surface area (Å²) in [6, 6.07) is 12.1. The highest BCUT2D eigenvalue weighted by atomic mass is 16.5. The highest BCUT2D eigenvalue weighted by Gasteiger charge is 2.41. The number of ether oxygens (including phenoxy) is 1. The van der Waals surface area contributed by atoms with Crippen molar-refractivity contribution in [2.75, 3.05) is 20.2 Å². The molecule has 2 fully saturated rings. The number of aromatic amines is 2. The highest BCUT2D eigenvalue weighted by Crippen LogP contribution is 2.34. The fourth-order valence-electron chi connectivity index (χ4n) is 6.69. The molecular formula is C39H45N7O5. The van der Waals surface area contributed by atoms with E-state index in [1.165, 1.54) is 12.0 Å². The first kappa shape index (κ1) is 35.4. The monoisotopic (exact) mass is 691 g/mol. The van der Waals surface area contributed by atoms with Gasteiger partial charge < -0.3 is 29.8 Å². The van der Waals surface area contributed by atoms with Gasteiger partial charge in [-0.15, -0.1) is 0 Å². The molecule has 266 valence electrons. The van der Waals surface area contributed by atoms with E-state index in [9.17, 15) is 19.2 Å². The quantitative estimate of drug-likeness (QED) is 0.205. The van der Waals surface area contributed by atoms with E-state index >= 15 is 0 Å². The fourth-order valence-corrected chi connectivity index (χ4v) is 6.69. The Morgan fingerprint density at radius 2 is 1.63 bits per heavy atom. The number of nitrogens with zero attached hydrogens (tertiary/aromatic N) is 4. The number of imidazole rings is 2. The molecule has 51 heavy (non-hydrogen) atoms. The molecule has 4 heterocycles. The lowest BCUT2D eigenvalue weighted by molar-refractivity contribution is -0.137. The van der Waals surface area contributed by atoms with Crippen molar-refractivity contribution in [3.8, 4) is 23.1 Å². The number of carbonyl (C=O) groups is 4. The van der Waals surface area contributed by atoms with Gasteiger partial charge in [0.2, 0.25) is 11.8 Å². The number of nitrogens with one attached hydrogen (secondary N) is 3. The summed E-state index contributed by atoms with van der Waals surface area (Å²) in [6.45, 7) is 10.5. The van der Waals surface area contributed by atoms with Crippen molar-refractivity contribution in [2.24, 2.45) is 17.8 Å². The fraction of sp³-hybridized carbons (Fsp3) is 0.436. The molecule has 12 heteroatoms. The summed E-state index contributed by atoms with van der Waals surface area (Å²) in [6.07, 6.45) is 3.19. The molecule has 6 rings (SSSR count). The third-order valence-corrected chi connectivity index (χ3v) is 10.0. The van der Waals surface area contributed by atoms with Crippen molar-refractivity contribution < 1.29 is 23.9 Å². The Labute approximate surface area is 297 Å². The van der Waals surface area contributed by atoms with Gasteiger partial charge in [-0.1, -0.05) is 58.6 Å². The summed E-state index contributed by atoms with van der Waals surface area (Å²) in [5, 5.41) is 2.60. The molecule has 0 saturated carbocycles. The Morgan fingerprint density at radius 3 is 2.33 bits per heavy atom. The molecule has 2 aromatic carbocycles. The lowest BCUT2D eigenvalue weighted by Crippen LogP contribution is -2.51. The third-order valence-electron chi connectivity index (χ3n) is 10.0. The minimum absolute atomic E-state index is 0.0266. The van der Waals surface area contributed by atoms with Gasteiger partial charge in [-0.05, 0) is 55.0 Å². The number of H-pyrrole nitrogens is 2. The summed E-state index contributed by atoms with van der Waals surface area (Å²) in [5.41, 5.74) is 4.82. The van der Waals surface area contributed by atoms with Crippen LogP contribution in [0.15, 0.2) is 48.7 Å². The number of Topliss-reactive ketones (excluding diaryl/α,β-unsaturated/α-hetero) is 1. The number of likely N-dealkylation sites (tertiary alicyclic amines) is 2. The van der Waals surface area contributed by atoms with E-state index in [1.54, 1.807) is 0 Å². The molecule has 12 nitrogen and oxygen atoms in total. The van der Waals surface area contributed by atoms with E-state index < -0.39 is 18.2 Å². The van der Waals surface area contributed by atoms with Crippen LogP contribution in [0.5, 0.6) is 0 Å². The van der Waals surface area contributed by atoms with Gasteiger partial charge in [-0.3, -0.25) is 14.4 Å². The second-order valence-electron chi connectivity index (χ2n) is 14.2. The number of ketones is 1. The van der Waals surface area contributed by atoms with E-state index in [-0.39, 0.29) is 54.4 Å². The molecule has 0 radical (unpaired) electrons. The van der Waals surface area contributed by atoms with E-state index in [0.717, 1.165) is 53.1 Å². The normalized spacial score (nSPS) is 18.6. The summed E-state index contributed by atoms with van der Waals surface area (Å²) in [4.78, 5) is 70.8. The van der Waals surface area contributed by atoms with Crippen LogP contribution in [0, 0.1) is 29.6 Å². The Morgan fingerprint density at radius 1 is 0.902 bits per heavy atom. The second kappa shape index (κ2) is 14.8. The number of fused-ring (bicyclic) bond motifs is 1. The second-order valence-corrected chi connectivity index (χ2v) is 14.2. The topological polar surface area (TPSA) is 153 Å². The van der Waals surface area contributed by atoms with Crippen molar-refractivity contribution in [1.29, 1.82) is 0 Å². The smallest absolute Gasteiger partial charge is 0.407 e. The average molecular weight is 692 g/mol. The first-order chi connectivity index (χ1) is 24.4. The van der Waals surface area contributed by atoms with Gasteiger partial charge in [0.05, 0.1) is 42.5 Å². The first-order valence-corrected chi connectivity index (χ1v) is 17.6. The van der Waals surface area contributed by atoms with Crippen molar-refractivity contribution in [2.45, 2.75) is 72.0 Å². The molecule has 4 atom stereocenters. The lowest BCUT2D eigenvalue weighted by atomic mass is 9.96. The number of carbonyl (C=O) groups excluding carboxylic acids is 4. The van der Waals surface area contributed by atoms with Gasteiger partial charge in [-0.25, -0.2) is 14.8 Å². The van der Waals surface area contributed by atoms with E-state index in [1.807, 2.05) is 74.3 Å². The number of methoxy groups -OCH3 is 1. The van der Waals surface area contributed by atoms with Crippen LogP contribution in [0.1, 0.15) is 88.7 Å². The van der Waals surface area contributed by atoms with Crippen molar-refractivity contribution in [1.82, 2.24) is 35.1 Å². The molecule has 2 aliphatic rings. The third kappa shape index (κ3) is 7.53. The summed E-state index contributed by atoms with van der Waals surface area (Å²) in [7, 11) is 1.24. The Balaban J connectivity index is 1.14. The molecule has 3 N–H and O–H groups in total. The van der Waals surface area contributed by atoms with Crippen LogP contribution >= 0.6 is 0 Å². The molecule has 2 aromatic heterocycles. The van der Waals surface area contributed by atoms with Crippen molar-refractivity contribution in [3.63, 3.8) is 0 Å². The van der Waals surface area contributed by atoms with Crippen LogP contribution in [0.3, 0.4) is 0 Å². The van der Waals surface area contributed by atoms with Crippen LogP contribution in [0.25, 0.3) is 22.3 Å². The molecule has 0 unspecified atom stereocenters. The van der Waals surface area contributed by atoms with Gasteiger partial charge in [0.1, 0.15) is 17.7 Å². The number of benzene rings is 2. The zero-order valence-corrected chi connectivity index (χ0v) is 29.9. The molecular weight excluding hydrogens is 646 g/mol. The molecule has 2 aliphatic heterocycles. The number of alkyl carbamates (subject to hydrolysis) is 1. The molecule has 3 amide bonds. The number of amides is 3. The molecule has 0 spiro atoms. The Kier molecular flexibility index (Phi) is 10.3. The van der Waals surface area contributed by atoms with Crippen LogP contribution in [-0.2, 0) is 19.1 Å². The van der Waals surface area contributed by atoms with E-state index in [0.29, 0.717) is 11.3 Å². The zero-order valence-electron chi connectivity index (χ0n) is 29.9. The summed E-state index contributed by atoms with van der Waals surface area (Å²) >= 11 is 0. The minimum Gasteiger partial charge on any atom is -0.453 e. The SMILES string of the molecule is COC(=O)N[C@H](C(=O)N1CC(=O)C[C@H]1c1nc2cc(C#Cc3ccc(-c4c[nH]c([C@@H]5CCCN5C(=O)[C@@H](C)C(C)C)n4)cc3)ccc2[nH]1)C(C)C. The van der Waals surface area contributed by atoms with Crippen molar-refractivity contribution in [3.05, 3.63) is 71.4 Å². The Hall–Kier alpha value is -5.44. The van der Waals surface area contributed by atoms with Crippen LogP contribution in [0.2, 0.25) is 0 Å². The van der Waals surface area contributed by atoms with Gasteiger partial charge in [0.15, 0.2) is 5.78 Å². The zero-order chi connectivity index (χ0) is 36.4. The standard InChI is InChI=1S/C39H45N7O5/c1-22(2)24(5)37(48)45-17-7-8-32(45)35-40-20-31(43-35)27-14-11-25(12-15-27)9-10-26-13-16-29-30(18-26)42-36(41-29)33-19-28(47)21-46(33)38(49)34(23(3)4)44-39(50)51-6/h11-16,18,20,22-24,32-34H,7-8,17,19,21H2,1-6H3,(H,40,43)(H,41,42)(H,44,50)/t24-,32-,33-,34-/m0/s1. The van der Waals surface area contributed by atoms with E-state index in [4.69, 9.17) is 14.7 Å². The molecule has 0 aliphatic carbocycles. The number of rotatable bonds is 8. The van der Waals surface area contributed by atoms with Crippen LogP contribution < -0.4 is 5.32 Å². The minimum atomic E-state index is -0.846. The molecule has 4 aromatic rings. The predicted octanol–water partition coefficient (Wildman–Crippen LogP) is 5.53. The maximum Gasteiger partial charge on any atom is 0.407 e. The molecule has 2 saturated heterocycles. The molecule has 0 bridgehead atoms. The average Bonchev–Trinajstić information content (AvgIpc) is 3.94. The number of aromatic nitrogens is 4. The number of hydrogen-bond acceptors (Lipinski definition) is 7. The van der Waals surface area contributed by atoms with Crippen LogP contribution in [0.4, 0.5) is 4.79 Å². The van der Waals surface area contributed by atoms with Gasteiger partial charge in [0, 0.05) is 41.8 Å². The summed E-state index contributed by atoms with van der Waals surface area (Å²) in [5.74, 6) is 7.56. The lowest BCUT2D eigenvalue weighted by Gasteiger charge is -2.29. The largest absolute Gasteiger partial charge is 0.453 e. The van der Waals surface area contributed by atoms with Crippen LogP contribution in [-0.4, -0.2) is 79.7 Å². The summed E-state index contributed by atoms with van der Waals surface area (Å²) < 4.78 is 4.70. The van der Waals surface area contributed by atoms with Gasteiger partial charge >= 0.3 is 6.09 Å². The van der Waals surface area contributed by atoms with E-state index in [2.05, 4.69) is 41.0 Å². The maximum atomic E-state index is 13.5. The van der Waals surface area contributed by atoms with Gasteiger partial charge in [-0.2, -0.15) is 0 Å². The first-order valence-electron chi connectivity index (χ1n) is 17.6. The Bertz CT molecular complexity index is 2000. The maximum absolute atomic E-state index is 13.5. The highest BCUT2D eigenvalue weighted by molar-refractivity contribution is 5.94. The number of hydrogen-bond donors (Lipinski definition) is 3. The van der Waals surface area contributed by atoms with Gasteiger partial charge in [0.25, 0.3) is 0 Å². The van der Waals surface area contributed by atoms with Crippen molar-refractivity contribution >= 4 is 34.7 Å².